The van der Waals surface area contributed by atoms with Crippen LogP contribution in [-0.2, 0) is 4.79 Å². The van der Waals surface area contributed by atoms with Gasteiger partial charge in [-0.05, 0) is 55.3 Å². The summed E-state index contributed by atoms with van der Waals surface area (Å²) in [5.41, 5.74) is 3.00. The van der Waals surface area contributed by atoms with Crippen molar-refractivity contribution in [3.05, 3.63) is 47.0 Å². The Hall–Kier alpha value is -2.59. The van der Waals surface area contributed by atoms with E-state index in [1.807, 2.05) is 18.2 Å². The number of benzene rings is 2. The summed E-state index contributed by atoms with van der Waals surface area (Å²) in [4.78, 5) is 12.5. The highest BCUT2D eigenvalue weighted by atomic mass is 35.5. The number of hydrogen-bond donors (Lipinski definition) is 3. The van der Waals surface area contributed by atoms with Crippen LogP contribution < -0.4 is 10.6 Å². The lowest BCUT2D eigenvalue weighted by Crippen LogP contribution is -2.37. The molecular formula is C20H19Cl2N5O. The summed E-state index contributed by atoms with van der Waals surface area (Å²) in [5, 5.41) is 23.9. The van der Waals surface area contributed by atoms with E-state index >= 15 is 0 Å². The number of rotatable bonds is 3. The highest BCUT2D eigenvalue weighted by Crippen LogP contribution is 2.32. The molecule has 144 valence electrons. The molecule has 0 bridgehead atoms. The van der Waals surface area contributed by atoms with Gasteiger partial charge in [0.25, 0.3) is 0 Å². The SMILES string of the molecule is Cl.N#Cc1ccc(Cl)c(-c2ccc3[nH]nc(NC(=O)[C@@H]4CCCNC4)c3c2)c1. The van der Waals surface area contributed by atoms with Crippen LogP contribution in [0, 0.1) is 17.2 Å². The third-order valence-electron chi connectivity index (χ3n) is 4.88. The van der Waals surface area contributed by atoms with Gasteiger partial charge < -0.3 is 10.6 Å². The zero-order valence-electron chi connectivity index (χ0n) is 15.0. The number of carbonyl (C=O) groups excluding carboxylic acids is 1. The van der Waals surface area contributed by atoms with Crippen molar-refractivity contribution < 1.29 is 4.79 Å². The highest BCUT2D eigenvalue weighted by Gasteiger charge is 2.22. The van der Waals surface area contributed by atoms with Crippen LogP contribution in [0.15, 0.2) is 36.4 Å². The predicted octanol–water partition coefficient (Wildman–Crippen LogP) is 4.11. The quantitative estimate of drug-likeness (QED) is 0.599. The maximum absolute atomic E-state index is 12.5. The third-order valence-corrected chi connectivity index (χ3v) is 5.21. The molecule has 1 saturated heterocycles. The Morgan fingerprint density at radius 1 is 1.29 bits per heavy atom. The predicted molar refractivity (Wildman–Crippen MR) is 113 cm³/mol. The lowest BCUT2D eigenvalue weighted by atomic mass is 9.98. The molecule has 3 aromatic rings. The molecule has 0 unspecified atom stereocenters. The van der Waals surface area contributed by atoms with Crippen molar-refractivity contribution in [2.75, 3.05) is 18.4 Å². The molecule has 4 rings (SSSR count). The van der Waals surface area contributed by atoms with Crippen molar-refractivity contribution in [1.82, 2.24) is 15.5 Å². The lowest BCUT2D eigenvalue weighted by Gasteiger charge is -2.21. The zero-order valence-corrected chi connectivity index (χ0v) is 16.5. The second kappa shape index (κ2) is 8.61. The summed E-state index contributed by atoms with van der Waals surface area (Å²) >= 11 is 6.33. The van der Waals surface area contributed by atoms with E-state index in [0.29, 0.717) is 22.9 Å². The number of piperidine rings is 1. The minimum absolute atomic E-state index is 0. The standard InChI is InChI=1S/C20H18ClN5O.ClH/c21-17-5-3-12(10-22)8-15(17)13-4-6-18-16(9-13)19(26-25-18)24-20(27)14-2-1-7-23-11-14;/h3-6,8-9,14,23H,1-2,7,11H2,(H2,24,25,26,27);1H/t14-;/m1./s1. The van der Waals surface area contributed by atoms with Gasteiger partial charge in [-0.2, -0.15) is 10.4 Å². The van der Waals surface area contributed by atoms with E-state index in [1.165, 1.54) is 0 Å². The minimum Gasteiger partial charge on any atom is -0.316 e. The van der Waals surface area contributed by atoms with Crippen LogP contribution in [0.25, 0.3) is 22.0 Å². The topological polar surface area (TPSA) is 93.6 Å². The molecule has 3 N–H and O–H groups in total. The van der Waals surface area contributed by atoms with Gasteiger partial charge in [0, 0.05) is 22.5 Å². The van der Waals surface area contributed by atoms with Gasteiger partial charge in [-0.15, -0.1) is 12.4 Å². The fourth-order valence-corrected chi connectivity index (χ4v) is 3.61. The normalized spacial score (nSPS) is 16.2. The van der Waals surface area contributed by atoms with E-state index in [2.05, 4.69) is 26.9 Å². The molecular weight excluding hydrogens is 397 g/mol. The lowest BCUT2D eigenvalue weighted by molar-refractivity contribution is -0.120. The number of carbonyl (C=O) groups is 1. The molecule has 2 aromatic carbocycles. The van der Waals surface area contributed by atoms with Crippen LogP contribution >= 0.6 is 24.0 Å². The smallest absolute Gasteiger partial charge is 0.229 e. The summed E-state index contributed by atoms with van der Waals surface area (Å²) in [6.07, 6.45) is 1.88. The van der Waals surface area contributed by atoms with Crippen molar-refractivity contribution in [2.45, 2.75) is 12.8 Å². The van der Waals surface area contributed by atoms with Crippen LogP contribution in [-0.4, -0.2) is 29.2 Å². The second-order valence-electron chi connectivity index (χ2n) is 6.67. The summed E-state index contributed by atoms with van der Waals surface area (Å²) in [5.74, 6) is 0.441. The Kier molecular flexibility index (Phi) is 6.20. The molecule has 1 fully saturated rings. The van der Waals surface area contributed by atoms with Gasteiger partial charge in [0.05, 0.1) is 23.1 Å². The van der Waals surface area contributed by atoms with Crippen molar-refractivity contribution in [1.29, 1.82) is 5.26 Å². The average Bonchev–Trinajstić information content (AvgIpc) is 3.11. The number of amides is 1. The highest BCUT2D eigenvalue weighted by molar-refractivity contribution is 6.33. The van der Waals surface area contributed by atoms with Crippen molar-refractivity contribution >= 4 is 46.6 Å². The van der Waals surface area contributed by atoms with Crippen molar-refractivity contribution in [3.63, 3.8) is 0 Å². The van der Waals surface area contributed by atoms with E-state index in [0.717, 1.165) is 41.4 Å². The molecule has 0 radical (unpaired) electrons. The maximum atomic E-state index is 12.5. The van der Waals surface area contributed by atoms with Gasteiger partial charge in [0.15, 0.2) is 5.82 Å². The zero-order chi connectivity index (χ0) is 18.8. The van der Waals surface area contributed by atoms with Crippen LogP contribution in [0.4, 0.5) is 5.82 Å². The van der Waals surface area contributed by atoms with Crippen LogP contribution in [0.2, 0.25) is 5.02 Å². The van der Waals surface area contributed by atoms with E-state index < -0.39 is 0 Å². The monoisotopic (exact) mass is 415 g/mol. The Morgan fingerprint density at radius 3 is 2.89 bits per heavy atom. The number of nitrogens with zero attached hydrogens (tertiary/aromatic N) is 2. The Bertz CT molecular complexity index is 1050. The number of aromatic amines is 1. The van der Waals surface area contributed by atoms with Crippen LogP contribution in [0.1, 0.15) is 18.4 Å². The van der Waals surface area contributed by atoms with Crippen molar-refractivity contribution in [2.24, 2.45) is 5.92 Å². The number of halogens is 2. The van der Waals surface area contributed by atoms with Gasteiger partial charge >= 0.3 is 0 Å². The summed E-state index contributed by atoms with van der Waals surface area (Å²) in [6, 6.07) is 13.0. The number of H-pyrrole nitrogens is 1. The molecule has 0 spiro atoms. The number of aromatic nitrogens is 2. The fraction of sp³-hybridized carbons (Fsp3) is 0.250. The Morgan fingerprint density at radius 2 is 2.14 bits per heavy atom. The average molecular weight is 416 g/mol. The molecule has 1 aromatic heterocycles. The van der Waals surface area contributed by atoms with E-state index in [9.17, 15) is 4.79 Å². The molecule has 8 heteroatoms. The van der Waals surface area contributed by atoms with Gasteiger partial charge in [-0.3, -0.25) is 9.89 Å². The first-order valence-corrected chi connectivity index (χ1v) is 9.23. The number of anilines is 1. The van der Waals surface area contributed by atoms with Crippen LogP contribution in [0.3, 0.4) is 0 Å². The molecule has 1 aliphatic rings. The summed E-state index contributed by atoms with van der Waals surface area (Å²) in [7, 11) is 0. The third kappa shape index (κ3) is 3.97. The van der Waals surface area contributed by atoms with E-state index in [1.54, 1.807) is 18.2 Å². The van der Waals surface area contributed by atoms with Crippen LogP contribution in [0.5, 0.6) is 0 Å². The van der Waals surface area contributed by atoms with Crippen molar-refractivity contribution in [3.8, 4) is 17.2 Å². The summed E-state index contributed by atoms with van der Waals surface area (Å²) in [6.45, 7) is 1.65. The van der Waals surface area contributed by atoms with E-state index in [4.69, 9.17) is 16.9 Å². The first-order valence-electron chi connectivity index (χ1n) is 8.85. The molecule has 28 heavy (non-hydrogen) atoms. The van der Waals surface area contributed by atoms with Gasteiger partial charge in [0.1, 0.15) is 0 Å². The number of nitriles is 1. The van der Waals surface area contributed by atoms with Gasteiger partial charge in [0.2, 0.25) is 5.91 Å². The number of hydrogen-bond acceptors (Lipinski definition) is 4. The first-order chi connectivity index (χ1) is 13.2. The molecule has 1 aliphatic heterocycles. The fourth-order valence-electron chi connectivity index (χ4n) is 3.39. The number of nitrogens with one attached hydrogen (secondary N) is 3. The molecule has 2 heterocycles. The molecule has 6 nitrogen and oxygen atoms in total. The molecule has 0 saturated carbocycles. The number of fused-ring (bicyclic) bond motifs is 1. The molecule has 1 atom stereocenters. The Balaban J connectivity index is 0.00000225. The van der Waals surface area contributed by atoms with Gasteiger partial charge in [-0.25, -0.2) is 0 Å². The minimum atomic E-state index is -0.0459. The van der Waals surface area contributed by atoms with Gasteiger partial charge in [-0.1, -0.05) is 17.7 Å². The maximum Gasteiger partial charge on any atom is 0.229 e. The first kappa shape index (κ1) is 20.2. The largest absolute Gasteiger partial charge is 0.316 e. The molecule has 1 amide bonds. The second-order valence-corrected chi connectivity index (χ2v) is 7.08. The Labute approximate surface area is 173 Å². The van der Waals surface area contributed by atoms with E-state index in [-0.39, 0.29) is 24.2 Å². The molecule has 0 aliphatic carbocycles. The summed E-state index contributed by atoms with van der Waals surface area (Å²) < 4.78 is 0.